The van der Waals surface area contributed by atoms with Crippen LogP contribution in [0.3, 0.4) is 0 Å². The number of aryl methyl sites for hydroxylation is 1. The lowest BCUT2D eigenvalue weighted by atomic mass is 10.2. The Morgan fingerprint density at radius 2 is 1.77 bits per heavy atom. The molecule has 6 heteroatoms. The predicted molar refractivity (Wildman–Crippen MR) is 90.5 cm³/mol. The van der Waals surface area contributed by atoms with Gasteiger partial charge in [-0.25, -0.2) is 13.1 Å². The average Bonchev–Trinajstić information content (AvgIpc) is 2.53. The van der Waals surface area contributed by atoms with E-state index in [4.69, 9.17) is 4.74 Å². The second kappa shape index (κ2) is 10.7. The molecule has 1 aromatic rings. The van der Waals surface area contributed by atoms with Crippen molar-refractivity contribution in [1.29, 1.82) is 0 Å². The molecule has 0 heterocycles. The van der Waals surface area contributed by atoms with Crippen molar-refractivity contribution in [1.82, 2.24) is 9.62 Å². The maximum Gasteiger partial charge on any atom is 0.211 e. The van der Waals surface area contributed by atoms with E-state index in [1.807, 2.05) is 30.3 Å². The molecule has 0 saturated heterocycles. The van der Waals surface area contributed by atoms with E-state index in [-0.39, 0.29) is 5.75 Å². The zero-order chi connectivity index (χ0) is 16.3. The molecule has 1 aromatic carbocycles. The Labute approximate surface area is 134 Å². The number of rotatable bonds is 12. The average molecular weight is 328 g/mol. The van der Waals surface area contributed by atoms with Gasteiger partial charge in [-0.05, 0) is 25.1 Å². The summed E-state index contributed by atoms with van der Waals surface area (Å²) in [5.41, 5.74) is 1.03. The Morgan fingerprint density at radius 3 is 2.41 bits per heavy atom. The van der Waals surface area contributed by atoms with Gasteiger partial charge in [0.1, 0.15) is 0 Å². The van der Waals surface area contributed by atoms with E-state index >= 15 is 0 Å². The fourth-order valence-electron chi connectivity index (χ4n) is 2.07. The highest BCUT2D eigenvalue weighted by Crippen LogP contribution is 2.01. The Bertz CT molecular complexity index is 487. The molecule has 1 rings (SSSR count). The highest BCUT2D eigenvalue weighted by Gasteiger charge is 2.09. The highest BCUT2D eigenvalue weighted by molar-refractivity contribution is 7.89. The molecular formula is C16H28N2O3S. The summed E-state index contributed by atoms with van der Waals surface area (Å²) < 4.78 is 31.8. The topological polar surface area (TPSA) is 58.6 Å². The molecule has 0 atom stereocenters. The summed E-state index contributed by atoms with van der Waals surface area (Å²) in [6.07, 6.45) is 0.527. The second-order valence-corrected chi connectivity index (χ2v) is 7.01. The number of hydrogen-bond donors (Lipinski definition) is 1. The van der Waals surface area contributed by atoms with Crippen LogP contribution in [-0.4, -0.2) is 58.5 Å². The first-order valence-corrected chi connectivity index (χ1v) is 9.54. The van der Waals surface area contributed by atoms with Gasteiger partial charge in [0.2, 0.25) is 10.0 Å². The van der Waals surface area contributed by atoms with E-state index < -0.39 is 10.0 Å². The summed E-state index contributed by atoms with van der Waals surface area (Å²) in [7, 11) is -3.23. The Kier molecular flexibility index (Phi) is 9.31. The first-order chi connectivity index (χ1) is 10.6. The molecule has 126 valence electrons. The molecule has 0 radical (unpaired) electrons. The van der Waals surface area contributed by atoms with E-state index in [0.29, 0.717) is 26.2 Å². The van der Waals surface area contributed by atoms with Crippen molar-refractivity contribution in [3.05, 3.63) is 35.9 Å². The minimum atomic E-state index is -3.23. The van der Waals surface area contributed by atoms with Gasteiger partial charge in [-0.15, -0.1) is 0 Å². The molecule has 0 aliphatic carbocycles. The SMILES string of the molecule is CCN(CC)CCOCCNS(=O)(=O)CCc1ccccc1. The summed E-state index contributed by atoms with van der Waals surface area (Å²) >= 11 is 0. The van der Waals surface area contributed by atoms with Gasteiger partial charge in [0.25, 0.3) is 0 Å². The van der Waals surface area contributed by atoms with Crippen LogP contribution in [0.4, 0.5) is 0 Å². The minimum Gasteiger partial charge on any atom is -0.379 e. The van der Waals surface area contributed by atoms with E-state index in [1.54, 1.807) is 0 Å². The van der Waals surface area contributed by atoms with Crippen LogP contribution < -0.4 is 4.72 Å². The molecule has 22 heavy (non-hydrogen) atoms. The van der Waals surface area contributed by atoms with Gasteiger partial charge in [-0.3, -0.25) is 0 Å². The van der Waals surface area contributed by atoms with E-state index in [0.717, 1.165) is 25.2 Å². The molecule has 0 aliphatic heterocycles. The van der Waals surface area contributed by atoms with Crippen molar-refractivity contribution in [3.8, 4) is 0 Å². The van der Waals surface area contributed by atoms with Crippen molar-refractivity contribution < 1.29 is 13.2 Å². The molecule has 0 fully saturated rings. The lowest BCUT2D eigenvalue weighted by Gasteiger charge is -2.17. The highest BCUT2D eigenvalue weighted by atomic mass is 32.2. The summed E-state index contributed by atoms with van der Waals surface area (Å²) in [4.78, 5) is 2.27. The van der Waals surface area contributed by atoms with E-state index in [2.05, 4.69) is 23.5 Å². The summed E-state index contributed by atoms with van der Waals surface area (Å²) in [5, 5.41) is 0. The van der Waals surface area contributed by atoms with Crippen LogP contribution >= 0.6 is 0 Å². The smallest absolute Gasteiger partial charge is 0.211 e. The van der Waals surface area contributed by atoms with Crippen molar-refractivity contribution >= 4 is 10.0 Å². The van der Waals surface area contributed by atoms with Gasteiger partial charge < -0.3 is 9.64 Å². The molecule has 0 bridgehead atoms. The van der Waals surface area contributed by atoms with Crippen LogP contribution in [-0.2, 0) is 21.2 Å². The van der Waals surface area contributed by atoms with Gasteiger partial charge >= 0.3 is 0 Å². The number of likely N-dealkylation sites (N-methyl/N-ethyl adjacent to an activating group) is 1. The molecule has 1 N–H and O–H groups in total. The molecule has 5 nitrogen and oxygen atoms in total. The number of ether oxygens (including phenoxy) is 1. The molecule has 0 amide bonds. The van der Waals surface area contributed by atoms with Crippen LogP contribution in [0.1, 0.15) is 19.4 Å². The third kappa shape index (κ3) is 8.48. The fourth-order valence-corrected chi connectivity index (χ4v) is 3.12. The third-order valence-corrected chi connectivity index (χ3v) is 4.90. The number of nitrogens with zero attached hydrogens (tertiary/aromatic N) is 1. The number of nitrogens with one attached hydrogen (secondary N) is 1. The number of hydrogen-bond acceptors (Lipinski definition) is 4. The van der Waals surface area contributed by atoms with Crippen LogP contribution in [0.25, 0.3) is 0 Å². The normalized spacial score (nSPS) is 12.0. The van der Waals surface area contributed by atoms with Crippen molar-refractivity contribution in [3.63, 3.8) is 0 Å². The van der Waals surface area contributed by atoms with Gasteiger partial charge in [-0.2, -0.15) is 0 Å². The van der Waals surface area contributed by atoms with Crippen LogP contribution in [0, 0.1) is 0 Å². The third-order valence-electron chi connectivity index (χ3n) is 3.52. The van der Waals surface area contributed by atoms with Crippen molar-refractivity contribution in [2.75, 3.05) is 45.1 Å². The first kappa shape index (κ1) is 19.1. The number of sulfonamides is 1. The van der Waals surface area contributed by atoms with Crippen molar-refractivity contribution in [2.24, 2.45) is 0 Å². The lowest BCUT2D eigenvalue weighted by molar-refractivity contribution is 0.111. The quantitative estimate of drug-likeness (QED) is 0.591. The van der Waals surface area contributed by atoms with Crippen LogP contribution in [0.15, 0.2) is 30.3 Å². The maximum atomic E-state index is 11.9. The fraction of sp³-hybridized carbons (Fsp3) is 0.625. The maximum absolute atomic E-state index is 11.9. The Balaban J connectivity index is 2.12. The molecule has 0 aromatic heterocycles. The second-order valence-electron chi connectivity index (χ2n) is 5.09. The zero-order valence-corrected chi connectivity index (χ0v) is 14.4. The van der Waals surface area contributed by atoms with Crippen LogP contribution in [0.2, 0.25) is 0 Å². The zero-order valence-electron chi connectivity index (χ0n) is 13.6. The van der Waals surface area contributed by atoms with Gasteiger partial charge in [-0.1, -0.05) is 44.2 Å². The standard InChI is InChI=1S/C16H28N2O3S/c1-3-18(4-2)12-14-21-13-11-17-22(19,20)15-10-16-8-6-5-7-9-16/h5-9,17H,3-4,10-15H2,1-2H3. The predicted octanol–water partition coefficient (Wildman–Crippen LogP) is 1.51. The minimum absolute atomic E-state index is 0.108. The largest absolute Gasteiger partial charge is 0.379 e. The van der Waals surface area contributed by atoms with Gasteiger partial charge in [0.05, 0.1) is 19.0 Å². The Morgan fingerprint density at radius 1 is 1.09 bits per heavy atom. The lowest BCUT2D eigenvalue weighted by Crippen LogP contribution is -2.31. The molecule has 0 aliphatic rings. The van der Waals surface area contributed by atoms with Crippen LogP contribution in [0.5, 0.6) is 0 Å². The first-order valence-electron chi connectivity index (χ1n) is 7.88. The van der Waals surface area contributed by atoms with Gasteiger partial charge in [0, 0.05) is 13.1 Å². The summed E-state index contributed by atoms with van der Waals surface area (Å²) in [6, 6.07) is 9.63. The molecule has 0 unspecified atom stereocenters. The molecule has 0 saturated carbocycles. The van der Waals surface area contributed by atoms with E-state index in [9.17, 15) is 8.42 Å². The number of benzene rings is 1. The van der Waals surface area contributed by atoms with E-state index in [1.165, 1.54) is 0 Å². The molecule has 0 spiro atoms. The Hall–Kier alpha value is -0.950. The summed E-state index contributed by atoms with van der Waals surface area (Å²) in [5.74, 6) is 0.108. The molecular weight excluding hydrogens is 300 g/mol. The van der Waals surface area contributed by atoms with Gasteiger partial charge in [0.15, 0.2) is 0 Å². The summed E-state index contributed by atoms with van der Waals surface area (Å²) in [6.45, 7) is 8.50. The van der Waals surface area contributed by atoms with Crippen molar-refractivity contribution in [2.45, 2.75) is 20.3 Å². The monoisotopic (exact) mass is 328 g/mol.